The molecular formula is C15H14BrFN4. The van der Waals surface area contributed by atoms with Gasteiger partial charge in [0.1, 0.15) is 5.82 Å². The maximum atomic E-state index is 13.3. The quantitative estimate of drug-likeness (QED) is 0.784. The van der Waals surface area contributed by atoms with Gasteiger partial charge in [0.25, 0.3) is 0 Å². The van der Waals surface area contributed by atoms with E-state index in [9.17, 15) is 4.39 Å². The Morgan fingerprint density at radius 2 is 2.14 bits per heavy atom. The zero-order chi connectivity index (χ0) is 14.8. The van der Waals surface area contributed by atoms with Crippen LogP contribution in [0.4, 0.5) is 4.39 Å². The van der Waals surface area contributed by atoms with Crippen LogP contribution in [0.25, 0.3) is 5.65 Å². The molecule has 0 aliphatic heterocycles. The van der Waals surface area contributed by atoms with Gasteiger partial charge in [-0.1, -0.05) is 12.1 Å². The standard InChI is InChI=1S/C15H14BrFN4/c1-10(11-5-6-13(17)12(16)8-11)18-9-15-20-19-14-4-2-3-7-21(14)15/h2-8,10,18H,9H2,1H3. The minimum atomic E-state index is -0.255. The van der Waals surface area contributed by atoms with E-state index in [0.717, 1.165) is 17.0 Å². The molecule has 0 saturated carbocycles. The van der Waals surface area contributed by atoms with Crippen molar-refractivity contribution in [2.75, 3.05) is 0 Å². The van der Waals surface area contributed by atoms with Crippen LogP contribution < -0.4 is 5.32 Å². The summed E-state index contributed by atoms with van der Waals surface area (Å²) in [4.78, 5) is 0. The zero-order valence-electron chi connectivity index (χ0n) is 11.4. The number of fused-ring (bicyclic) bond motifs is 1. The van der Waals surface area contributed by atoms with Crippen molar-refractivity contribution in [2.24, 2.45) is 0 Å². The number of halogens is 2. The van der Waals surface area contributed by atoms with Crippen molar-refractivity contribution in [1.29, 1.82) is 0 Å². The molecule has 6 heteroatoms. The van der Waals surface area contributed by atoms with Gasteiger partial charge in [0.2, 0.25) is 0 Å². The fraction of sp³-hybridized carbons (Fsp3) is 0.200. The highest BCUT2D eigenvalue weighted by molar-refractivity contribution is 9.10. The first kappa shape index (κ1) is 14.2. The maximum absolute atomic E-state index is 13.3. The summed E-state index contributed by atoms with van der Waals surface area (Å²) in [6.07, 6.45) is 1.94. The van der Waals surface area contributed by atoms with Crippen molar-refractivity contribution in [1.82, 2.24) is 19.9 Å². The van der Waals surface area contributed by atoms with E-state index < -0.39 is 0 Å². The van der Waals surface area contributed by atoms with Crippen LogP contribution in [0, 0.1) is 5.82 Å². The molecule has 0 spiro atoms. The highest BCUT2D eigenvalue weighted by Crippen LogP contribution is 2.21. The molecule has 1 atom stereocenters. The molecule has 3 aromatic rings. The van der Waals surface area contributed by atoms with E-state index in [1.54, 1.807) is 12.1 Å². The Labute approximate surface area is 130 Å². The summed E-state index contributed by atoms with van der Waals surface area (Å²) in [6, 6.07) is 10.9. The van der Waals surface area contributed by atoms with E-state index in [1.807, 2.05) is 35.7 Å². The smallest absolute Gasteiger partial charge is 0.160 e. The normalized spacial score (nSPS) is 12.7. The van der Waals surface area contributed by atoms with Gasteiger partial charge in [0.05, 0.1) is 11.0 Å². The Kier molecular flexibility index (Phi) is 3.98. The van der Waals surface area contributed by atoms with E-state index in [-0.39, 0.29) is 11.9 Å². The van der Waals surface area contributed by atoms with Crippen LogP contribution in [0.2, 0.25) is 0 Å². The Hall–Kier alpha value is -1.79. The Balaban J connectivity index is 1.73. The number of benzene rings is 1. The topological polar surface area (TPSA) is 42.2 Å². The molecule has 4 nitrogen and oxygen atoms in total. The molecule has 108 valence electrons. The summed E-state index contributed by atoms with van der Waals surface area (Å²) in [6.45, 7) is 2.62. The summed E-state index contributed by atoms with van der Waals surface area (Å²) in [7, 11) is 0. The highest BCUT2D eigenvalue weighted by atomic mass is 79.9. The molecule has 0 amide bonds. The van der Waals surface area contributed by atoms with Crippen molar-refractivity contribution in [2.45, 2.75) is 19.5 Å². The lowest BCUT2D eigenvalue weighted by Crippen LogP contribution is -2.19. The average Bonchev–Trinajstić information content (AvgIpc) is 2.91. The SMILES string of the molecule is CC(NCc1nnc2ccccn12)c1ccc(F)c(Br)c1. The van der Waals surface area contributed by atoms with Gasteiger partial charge in [0, 0.05) is 12.2 Å². The second-order valence-corrected chi connectivity index (χ2v) is 5.68. The van der Waals surface area contributed by atoms with Gasteiger partial charge in [-0.05, 0) is 52.7 Å². The molecule has 0 aliphatic rings. The molecule has 1 N–H and O–H groups in total. The van der Waals surface area contributed by atoms with Gasteiger partial charge in [-0.15, -0.1) is 10.2 Å². The number of nitrogens with zero attached hydrogens (tertiary/aromatic N) is 3. The molecule has 21 heavy (non-hydrogen) atoms. The second-order valence-electron chi connectivity index (χ2n) is 4.82. The molecule has 2 heterocycles. The number of aromatic nitrogens is 3. The second kappa shape index (κ2) is 5.91. The third-order valence-electron chi connectivity index (χ3n) is 3.39. The van der Waals surface area contributed by atoms with Gasteiger partial charge in [-0.25, -0.2) is 4.39 Å². The first-order valence-electron chi connectivity index (χ1n) is 6.62. The molecule has 2 aromatic heterocycles. The Bertz CT molecular complexity index is 771. The number of hydrogen-bond donors (Lipinski definition) is 1. The van der Waals surface area contributed by atoms with Crippen molar-refractivity contribution < 1.29 is 4.39 Å². The van der Waals surface area contributed by atoms with Gasteiger partial charge in [-0.3, -0.25) is 4.40 Å². The third kappa shape index (κ3) is 2.96. The molecule has 0 fully saturated rings. The number of rotatable bonds is 4. The summed E-state index contributed by atoms with van der Waals surface area (Å²) in [5.74, 6) is 0.591. The molecule has 1 unspecified atom stereocenters. The first-order chi connectivity index (χ1) is 10.1. The molecule has 0 saturated heterocycles. The van der Waals surface area contributed by atoms with E-state index in [0.29, 0.717) is 11.0 Å². The summed E-state index contributed by atoms with van der Waals surface area (Å²) in [5.41, 5.74) is 1.84. The largest absolute Gasteiger partial charge is 0.303 e. The van der Waals surface area contributed by atoms with Gasteiger partial charge >= 0.3 is 0 Å². The van der Waals surface area contributed by atoms with Crippen LogP contribution in [0.3, 0.4) is 0 Å². The zero-order valence-corrected chi connectivity index (χ0v) is 13.0. The fourth-order valence-electron chi connectivity index (χ4n) is 2.16. The Morgan fingerprint density at radius 1 is 1.29 bits per heavy atom. The van der Waals surface area contributed by atoms with Gasteiger partial charge < -0.3 is 5.32 Å². The van der Waals surface area contributed by atoms with Crippen LogP contribution >= 0.6 is 15.9 Å². The lowest BCUT2D eigenvalue weighted by atomic mass is 10.1. The molecule has 0 bridgehead atoms. The van der Waals surface area contributed by atoms with Gasteiger partial charge in [-0.2, -0.15) is 0 Å². The molecule has 3 rings (SSSR count). The first-order valence-corrected chi connectivity index (χ1v) is 7.41. The van der Waals surface area contributed by atoms with Crippen molar-refractivity contribution in [3.63, 3.8) is 0 Å². The van der Waals surface area contributed by atoms with E-state index in [2.05, 4.69) is 31.4 Å². The highest BCUT2D eigenvalue weighted by Gasteiger charge is 2.10. The van der Waals surface area contributed by atoms with E-state index in [4.69, 9.17) is 0 Å². The maximum Gasteiger partial charge on any atom is 0.160 e. The molecular weight excluding hydrogens is 335 g/mol. The van der Waals surface area contributed by atoms with Crippen molar-refractivity contribution in [3.8, 4) is 0 Å². The van der Waals surface area contributed by atoms with Crippen molar-refractivity contribution >= 4 is 21.6 Å². The summed E-state index contributed by atoms with van der Waals surface area (Å²) >= 11 is 3.21. The summed E-state index contributed by atoms with van der Waals surface area (Å²) < 4.78 is 15.7. The predicted octanol–water partition coefficient (Wildman–Crippen LogP) is 3.48. The lowest BCUT2D eigenvalue weighted by molar-refractivity contribution is 0.553. The van der Waals surface area contributed by atoms with Crippen LogP contribution in [0.1, 0.15) is 24.4 Å². The van der Waals surface area contributed by atoms with E-state index >= 15 is 0 Å². The molecule has 0 aliphatic carbocycles. The predicted molar refractivity (Wildman–Crippen MR) is 82.3 cm³/mol. The number of pyridine rings is 1. The minimum absolute atomic E-state index is 0.0814. The number of hydrogen-bond acceptors (Lipinski definition) is 3. The van der Waals surface area contributed by atoms with Crippen LogP contribution in [-0.4, -0.2) is 14.6 Å². The van der Waals surface area contributed by atoms with Crippen LogP contribution in [0.5, 0.6) is 0 Å². The minimum Gasteiger partial charge on any atom is -0.303 e. The third-order valence-corrected chi connectivity index (χ3v) is 4.00. The van der Waals surface area contributed by atoms with E-state index in [1.165, 1.54) is 6.07 Å². The number of nitrogens with one attached hydrogen (secondary N) is 1. The fourth-order valence-corrected chi connectivity index (χ4v) is 2.55. The van der Waals surface area contributed by atoms with Crippen LogP contribution in [0.15, 0.2) is 47.1 Å². The van der Waals surface area contributed by atoms with Gasteiger partial charge in [0.15, 0.2) is 11.5 Å². The lowest BCUT2D eigenvalue weighted by Gasteiger charge is -2.14. The summed E-state index contributed by atoms with van der Waals surface area (Å²) in [5, 5.41) is 11.7. The Morgan fingerprint density at radius 3 is 2.95 bits per heavy atom. The van der Waals surface area contributed by atoms with Crippen LogP contribution in [-0.2, 0) is 6.54 Å². The molecule has 1 aromatic carbocycles. The monoisotopic (exact) mass is 348 g/mol. The average molecular weight is 349 g/mol. The van der Waals surface area contributed by atoms with Crippen molar-refractivity contribution in [3.05, 3.63) is 64.3 Å². The molecule has 0 radical (unpaired) electrons.